The molecular formula is C25H19ClFN3O2S. The van der Waals surface area contributed by atoms with Gasteiger partial charge in [-0.15, -0.1) is 11.8 Å². The molecule has 0 amide bonds. The summed E-state index contributed by atoms with van der Waals surface area (Å²) in [5.41, 5.74) is 4.67. The van der Waals surface area contributed by atoms with Gasteiger partial charge in [-0.05, 0) is 36.8 Å². The largest absolute Gasteiger partial charge is 0.436 e. The molecule has 0 radical (unpaired) electrons. The maximum Gasteiger partial charge on any atom is 0.227 e. The van der Waals surface area contributed by atoms with Crippen LogP contribution in [0, 0.1) is 12.7 Å². The number of thioether (sulfide) groups is 1. The third-order valence-electron chi connectivity index (χ3n) is 5.44. The lowest BCUT2D eigenvalue weighted by molar-refractivity contribution is 0.278. The van der Waals surface area contributed by atoms with Gasteiger partial charge in [-0.25, -0.2) is 9.37 Å². The highest BCUT2D eigenvalue weighted by Gasteiger charge is 2.28. The van der Waals surface area contributed by atoms with Gasteiger partial charge < -0.3 is 9.84 Å². The number of benzene rings is 2. The van der Waals surface area contributed by atoms with Crippen LogP contribution in [0.4, 0.5) is 4.39 Å². The number of fused-ring (bicyclic) bond motifs is 2. The van der Waals surface area contributed by atoms with Crippen LogP contribution in [0.2, 0.25) is 5.02 Å². The van der Waals surface area contributed by atoms with Crippen LogP contribution in [0.25, 0.3) is 11.4 Å². The SMILES string of the molecule is Cc1ncc(CO)c2c1Oc1nc(-c3ccccc3Cl)nc(SCc3cccc(F)c3)c1C2. The van der Waals surface area contributed by atoms with Crippen LogP contribution in [0.15, 0.2) is 59.8 Å². The average molecular weight is 480 g/mol. The van der Waals surface area contributed by atoms with Gasteiger partial charge in [0.25, 0.3) is 0 Å². The van der Waals surface area contributed by atoms with E-state index >= 15 is 0 Å². The molecule has 0 atom stereocenters. The molecule has 1 N–H and O–H groups in total. The maximum absolute atomic E-state index is 13.7. The number of nitrogens with zero attached hydrogens (tertiary/aromatic N) is 3. The lowest BCUT2D eigenvalue weighted by Gasteiger charge is -2.24. The number of pyridine rings is 1. The van der Waals surface area contributed by atoms with Gasteiger partial charge in [0.05, 0.1) is 22.9 Å². The number of hydrogen-bond donors (Lipinski definition) is 1. The van der Waals surface area contributed by atoms with Gasteiger partial charge in [-0.1, -0.05) is 35.9 Å². The summed E-state index contributed by atoms with van der Waals surface area (Å²) in [7, 11) is 0. The first-order chi connectivity index (χ1) is 16.0. The Morgan fingerprint density at radius 3 is 2.76 bits per heavy atom. The lowest BCUT2D eigenvalue weighted by atomic mass is 9.99. The van der Waals surface area contributed by atoms with E-state index in [2.05, 4.69) is 9.97 Å². The van der Waals surface area contributed by atoms with Crippen molar-refractivity contribution in [2.75, 3.05) is 0 Å². The molecule has 2 aromatic carbocycles. The highest BCUT2D eigenvalue weighted by atomic mass is 35.5. The number of hydrogen-bond acceptors (Lipinski definition) is 6. The molecular weight excluding hydrogens is 461 g/mol. The van der Waals surface area contributed by atoms with E-state index in [0.717, 1.165) is 27.4 Å². The van der Waals surface area contributed by atoms with Gasteiger partial charge in [0.2, 0.25) is 5.88 Å². The van der Waals surface area contributed by atoms with Gasteiger partial charge in [-0.3, -0.25) is 4.98 Å². The standard InChI is InChI=1S/C25H19ClFN3O2S/c1-14-22-19(16(12-31)11-28-14)10-20-24(32-22)29-23(18-7-2-3-8-21(18)26)30-25(20)33-13-15-5-4-6-17(27)9-15/h2-9,11,31H,10,12-13H2,1H3. The predicted molar refractivity (Wildman–Crippen MR) is 126 cm³/mol. The van der Waals surface area contributed by atoms with Gasteiger partial charge in [0, 0.05) is 35.1 Å². The fraction of sp³-hybridized carbons (Fsp3) is 0.160. The van der Waals surface area contributed by atoms with E-state index in [9.17, 15) is 9.50 Å². The van der Waals surface area contributed by atoms with Crippen LogP contribution in [-0.2, 0) is 18.8 Å². The molecule has 0 fully saturated rings. The number of aromatic nitrogens is 3. The summed E-state index contributed by atoms with van der Waals surface area (Å²) in [6.07, 6.45) is 2.17. The summed E-state index contributed by atoms with van der Waals surface area (Å²) in [6.45, 7) is 1.72. The van der Waals surface area contributed by atoms with Crippen molar-refractivity contribution in [3.63, 3.8) is 0 Å². The first-order valence-corrected chi connectivity index (χ1v) is 11.7. The maximum atomic E-state index is 13.7. The van der Waals surface area contributed by atoms with Gasteiger partial charge in [-0.2, -0.15) is 4.98 Å². The first-order valence-electron chi connectivity index (χ1n) is 10.3. The number of halogens is 2. The van der Waals surface area contributed by atoms with Gasteiger partial charge in [0.15, 0.2) is 11.6 Å². The predicted octanol–water partition coefficient (Wildman–Crippen LogP) is 6.12. The molecule has 0 spiro atoms. The Morgan fingerprint density at radius 2 is 1.97 bits per heavy atom. The van der Waals surface area contributed by atoms with Crippen LogP contribution >= 0.6 is 23.4 Å². The minimum atomic E-state index is -0.276. The molecule has 0 unspecified atom stereocenters. The molecule has 0 saturated carbocycles. The molecule has 0 aliphatic carbocycles. The second-order valence-electron chi connectivity index (χ2n) is 7.65. The van der Waals surface area contributed by atoms with Crippen molar-refractivity contribution in [3.8, 4) is 23.0 Å². The molecule has 3 heterocycles. The van der Waals surface area contributed by atoms with E-state index in [1.807, 2.05) is 31.2 Å². The van der Waals surface area contributed by atoms with E-state index < -0.39 is 0 Å². The average Bonchev–Trinajstić information content (AvgIpc) is 2.82. The van der Waals surface area contributed by atoms with Crippen LogP contribution in [0.1, 0.15) is 27.9 Å². The van der Waals surface area contributed by atoms with Crippen molar-refractivity contribution in [2.45, 2.75) is 30.7 Å². The van der Waals surface area contributed by atoms with Crippen molar-refractivity contribution >= 4 is 23.4 Å². The summed E-state index contributed by atoms with van der Waals surface area (Å²) >= 11 is 7.91. The number of ether oxygens (including phenoxy) is 1. The van der Waals surface area contributed by atoms with Crippen LogP contribution < -0.4 is 4.74 Å². The molecule has 0 bridgehead atoms. The summed E-state index contributed by atoms with van der Waals surface area (Å²) < 4.78 is 19.9. The number of aliphatic hydroxyl groups is 1. The highest BCUT2D eigenvalue weighted by Crippen LogP contribution is 2.43. The van der Waals surface area contributed by atoms with Crippen LogP contribution in [-0.4, -0.2) is 20.1 Å². The minimum absolute atomic E-state index is 0.140. The van der Waals surface area contributed by atoms with Crippen LogP contribution in [0.5, 0.6) is 11.6 Å². The first kappa shape index (κ1) is 21.8. The zero-order valence-electron chi connectivity index (χ0n) is 17.7. The van der Waals surface area contributed by atoms with E-state index in [4.69, 9.17) is 21.3 Å². The van der Waals surface area contributed by atoms with Crippen LogP contribution in [0.3, 0.4) is 0 Å². The lowest BCUT2D eigenvalue weighted by Crippen LogP contribution is -2.13. The second kappa shape index (κ2) is 9.09. The topological polar surface area (TPSA) is 68.1 Å². The zero-order chi connectivity index (χ0) is 22.9. The van der Waals surface area contributed by atoms with Crippen molar-refractivity contribution in [1.29, 1.82) is 0 Å². The summed E-state index contributed by atoms with van der Waals surface area (Å²) in [5, 5.41) is 11.1. The summed E-state index contributed by atoms with van der Waals surface area (Å²) in [6, 6.07) is 13.9. The molecule has 33 heavy (non-hydrogen) atoms. The Balaban J connectivity index is 1.61. The number of aliphatic hydroxyl groups excluding tert-OH is 1. The van der Waals surface area contributed by atoms with E-state index in [-0.39, 0.29) is 12.4 Å². The minimum Gasteiger partial charge on any atom is -0.436 e. The summed E-state index contributed by atoms with van der Waals surface area (Å²) in [5.74, 6) is 1.75. The molecule has 166 valence electrons. The molecule has 8 heteroatoms. The highest BCUT2D eigenvalue weighted by molar-refractivity contribution is 7.98. The van der Waals surface area contributed by atoms with Crippen molar-refractivity contribution < 1.29 is 14.2 Å². The Kier molecular flexibility index (Phi) is 6.01. The smallest absolute Gasteiger partial charge is 0.227 e. The van der Waals surface area contributed by atoms with Gasteiger partial charge >= 0.3 is 0 Å². The third kappa shape index (κ3) is 4.31. The number of rotatable bonds is 5. The number of aryl methyl sites for hydroxylation is 1. The Labute approximate surface area is 199 Å². The van der Waals surface area contributed by atoms with E-state index in [1.54, 1.807) is 18.3 Å². The molecule has 1 aliphatic heterocycles. The van der Waals surface area contributed by atoms with Gasteiger partial charge in [0.1, 0.15) is 10.8 Å². The Hall–Kier alpha value is -3.00. The van der Waals surface area contributed by atoms with E-state index in [1.165, 1.54) is 23.9 Å². The molecule has 5 rings (SSSR count). The monoisotopic (exact) mass is 479 g/mol. The zero-order valence-corrected chi connectivity index (χ0v) is 19.3. The molecule has 0 saturated heterocycles. The fourth-order valence-corrected chi connectivity index (χ4v) is 4.94. The summed E-state index contributed by atoms with van der Waals surface area (Å²) in [4.78, 5) is 13.9. The second-order valence-corrected chi connectivity index (χ2v) is 9.02. The Morgan fingerprint density at radius 1 is 1.12 bits per heavy atom. The third-order valence-corrected chi connectivity index (χ3v) is 6.86. The molecule has 1 aliphatic rings. The quantitative estimate of drug-likeness (QED) is 0.242. The molecule has 2 aromatic heterocycles. The molecule has 4 aromatic rings. The fourth-order valence-electron chi connectivity index (χ4n) is 3.75. The Bertz CT molecular complexity index is 1370. The normalized spacial score (nSPS) is 12.1. The molecule has 5 nitrogen and oxygen atoms in total. The van der Waals surface area contributed by atoms with Crippen molar-refractivity contribution in [3.05, 3.63) is 93.5 Å². The van der Waals surface area contributed by atoms with Crippen molar-refractivity contribution in [2.24, 2.45) is 0 Å². The van der Waals surface area contributed by atoms with Crippen molar-refractivity contribution in [1.82, 2.24) is 15.0 Å². The van der Waals surface area contributed by atoms with E-state index in [0.29, 0.717) is 45.8 Å².